The monoisotopic (exact) mass is 206 g/mol. The Kier molecular flexibility index (Phi) is 2.45. The van der Waals surface area contributed by atoms with Crippen LogP contribution in [0.3, 0.4) is 0 Å². The maximum Gasteiger partial charge on any atom is 0.254 e. The van der Waals surface area contributed by atoms with Crippen molar-refractivity contribution >= 4 is 11.3 Å². The van der Waals surface area contributed by atoms with Crippen LogP contribution in [0.25, 0.3) is 0 Å². The number of hydrogen-bond acceptors (Lipinski definition) is 3. The normalized spacial score (nSPS) is 10.4. The molecule has 0 radical (unpaired) electrons. The lowest BCUT2D eigenvalue weighted by Gasteiger charge is -1.97. The average molecular weight is 206 g/mol. The molecule has 14 heavy (non-hydrogen) atoms. The van der Waals surface area contributed by atoms with Crippen molar-refractivity contribution in [3.63, 3.8) is 0 Å². The van der Waals surface area contributed by atoms with Crippen molar-refractivity contribution in [1.82, 2.24) is 9.97 Å². The fraction of sp³-hybridized carbons (Fsp3) is 0.200. The highest BCUT2D eigenvalue weighted by Crippen LogP contribution is 2.11. The number of nitrogens with zero attached hydrogens (tertiary/aromatic N) is 1. The topological polar surface area (TPSA) is 45.8 Å². The lowest BCUT2D eigenvalue weighted by Crippen LogP contribution is -2.14. The summed E-state index contributed by atoms with van der Waals surface area (Å²) in [7, 11) is 0. The van der Waals surface area contributed by atoms with Gasteiger partial charge in [-0.15, -0.1) is 11.3 Å². The van der Waals surface area contributed by atoms with Gasteiger partial charge in [0, 0.05) is 23.1 Å². The van der Waals surface area contributed by atoms with E-state index in [4.69, 9.17) is 0 Å². The number of hydrogen-bond donors (Lipinski definition) is 1. The fourth-order valence-corrected chi connectivity index (χ4v) is 1.96. The van der Waals surface area contributed by atoms with Gasteiger partial charge in [0.2, 0.25) is 0 Å². The summed E-state index contributed by atoms with van der Waals surface area (Å²) < 4.78 is 0. The number of aromatic amines is 1. The summed E-state index contributed by atoms with van der Waals surface area (Å²) in [5.41, 5.74) is 0.684. The van der Waals surface area contributed by atoms with Crippen molar-refractivity contribution < 1.29 is 0 Å². The minimum atomic E-state index is -0.0362. The van der Waals surface area contributed by atoms with Crippen LogP contribution < -0.4 is 5.56 Å². The molecule has 0 amide bonds. The maximum absolute atomic E-state index is 11.5. The van der Waals surface area contributed by atoms with Gasteiger partial charge in [0.1, 0.15) is 5.82 Å². The van der Waals surface area contributed by atoms with E-state index in [1.54, 1.807) is 24.5 Å². The van der Waals surface area contributed by atoms with Gasteiger partial charge in [-0.1, -0.05) is 6.07 Å². The van der Waals surface area contributed by atoms with Crippen LogP contribution in [0.4, 0.5) is 0 Å². The summed E-state index contributed by atoms with van der Waals surface area (Å²) >= 11 is 1.65. The highest BCUT2D eigenvalue weighted by molar-refractivity contribution is 7.09. The number of H-pyrrole nitrogens is 1. The Hall–Kier alpha value is -1.42. The van der Waals surface area contributed by atoms with Crippen molar-refractivity contribution in [2.45, 2.75) is 13.3 Å². The van der Waals surface area contributed by atoms with E-state index in [1.807, 2.05) is 17.5 Å². The van der Waals surface area contributed by atoms with Gasteiger partial charge in [-0.3, -0.25) is 4.79 Å². The fourth-order valence-electron chi connectivity index (χ4n) is 1.24. The van der Waals surface area contributed by atoms with Gasteiger partial charge < -0.3 is 4.98 Å². The molecule has 0 aliphatic carbocycles. The molecular weight excluding hydrogens is 196 g/mol. The summed E-state index contributed by atoms with van der Waals surface area (Å²) in [6.45, 7) is 1.77. The van der Waals surface area contributed by atoms with Crippen LogP contribution in [0, 0.1) is 6.92 Å². The molecule has 0 spiro atoms. The Labute approximate surface area is 85.5 Å². The molecule has 0 aromatic carbocycles. The molecule has 2 aromatic rings. The van der Waals surface area contributed by atoms with Crippen molar-refractivity contribution in [1.29, 1.82) is 0 Å². The second-order valence-electron chi connectivity index (χ2n) is 3.08. The Morgan fingerprint density at radius 1 is 1.57 bits per heavy atom. The number of thiophene rings is 1. The second-order valence-corrected chi connectivity index (χ2v) is 4.11. The smallest absolute Gasteiger partial charge is 0.254 e. The Balaban J connectivity index is 2.30. The lowest BCUT2D eigenvalue weighted by atomic mass is 10.2. The maximum atomic E-state index is 11.5. The molecule has 0 saturated carbocycles. The number of aryl methyl sites for hydroxylation is 1. The predicted octanol–water partition coefficient (Wildman–Crippen LogP) is 1.73. The molecule has 2 aromatic heterocycles. The Morgan fingerprint density at radius 3 is 3.07 bits per heavy atom. The first-order chi connectivity index (χ1) is 6.75. The highest BCUT2D eigenvalue weighted by Gasteiger charge is 2.02. The van der Waals surface area contributed by atoms with E-state index in [0.717, 1.165) is 5.56 Å². The molecular formula is C10H10N2OS. The van der Waals surface area contributed by atoms with E-state index >= 15 is 0 Å². The summed E-state index contributed by atoms with van der Waals surface area (Å²) in [5.74, 6) is 0.657. The third-order valence-corrected chi connectivity index (χ3v) is 2.82. The van der Waals surface area contributed by atoms with Crippen LogP contribution in [-0.4, -0.2) is 9.97 Å². The van der Waals surface area contributed by atoms with Crippen molar-refractivity contribution in [2.24, 2.45) is 0 Å². The third-order valence-electron chi connectivity index (χ3n) is 1.94. The van der Waals surface area contributed by atoms with E-state index in [2.05, 4.69) is 9.97 Å². The standard InChI is InChI=1S/C10H10N2OS/c1-7-11-6-8(10(13)12-7)5-9-3-2-4-14-9/h2-4,6H,5H2,1H3,(H,11,12,13). The van der Waals surface area contributed by atoms with Crippen LogP contribution in [0.1, 0.15) is 16.3 Å². The summed E-state index contributed by atoms with van der Waals surface area (Å²) in [6, 6.07) is 4.00. The van der Waals surface area contributed by atoms with Gasteiger partial charge in [-0.05, 0) is 18.4 Å². The molecule has 0 aliphatic rings. The van der Waals surface area contributed by atoms with Crippen LogP contribution >= 0.6 is 11.3 Å². The second kappa shape index (κ2) is 3.75. The molecule has 2 heterocycles. The van der Waals surface area contributed by atoms with E-state index in [-0.39, 0.29) is 5.56 Å². The van der Waals surface area contributed by atoms with E-state index < -0.39 is 0 Å². The first kappa shape index (κ1) is 9.15. The molecule has 0 fully saturated rings. The Bertz CT molecular complexity index is 473. The van der Waals surface area contributed by atoms with Crippen molar-refractivity contribution in [3.8, 4) is 0 Å². The first-order valence-corrected chi connectivity index (χ1v) is 5.21. The first-order valence-electron chi connectivity index (χ1n) is 4.33. The molecule has 0 bridgehead atoms. The zero-order chi connectivity index (χ0) is 9.97. The zero-order valence-corrected chi connectivity index (χ0v) is 8.60. The van der Waals surface area contributed by atoms with Gasteiger partial charge in [0.15, 0.2) is 0 Å². The Morgan fingerprint density at radius 2 is 2.43 bits per heavy atom. The summed E-state index contributed by atoms with van der Waals surface area (Å²) in [6.07, 6.45) is 2.31. The van der Waals surface area contributed by atoms with Gasteiger partial charge in [0.25, 0.3) is 5.56 Å². The minimum absolute atomic E-state index is 0.0362. The number of nitrogens with one attached hydrogen (secondary N) is 1. The zero-order valence-electron chi connectivity index (χ0n) is 7.78. The van der Waals surface area contributed by atoms with Gasteiger partial charge >= 0.3 is 0 Å². The summed E-state index contributed by atoms with van der Waals surface area (Å²) in [5, 5.41) is 2.01. The molecule has 4 heteroatoms. The molecule has 0 atom stereocenters. The van der Waals surface area contributed by atoms with E-state index in [0.29, 0.717) is 12.2 Å². The predicted molar refractivity (Wildman–Crippen MR) is 56.7 cm³/mol. The van der Waals surface area contributed by atoms with Crippen LogP contribution in [0.2, 0.25) is 0 Å². The van der Waals surface area contributed by atoms with Gasteiger partial charge in [0.05, 0.1) is 0 Å². The molecule has 3 nitrogen and oxygen atoms in total. The van der Waals surface area contributed by atoms with Gasteiger partial charge in [-0.25, -0.2) is 4.98 Å². The minimum Gasteiger partial charge on any atom is -0.311 e. The van der Waals surface area contributed by atoms with Crippen LogP contribution in [0.15, 0.2) is 28.5 Å². The van der Waals surface area contributed by atoms with Crippen LogP contribution in [0.5, 0.6) is 0 Å². The number of aromatic nitrogens is 2. The number of rotatable bonds is 2. The van der Waals surface area contributed by atoms with E-state index in [9.17, 15) is 4.79 Å². The SMILES string of the molecule is Cc1ncc(Cc2cccs2)c(=O)[nH]1. The molecule has 72 valence electrons. The quantitative estimate of drug-likeness (QED) is 0.813. The molecule has 2 rings (SSSR count). The van der Waals surface area contributed by atoms with E-state index in [1.165, 1.54) is 4.88 Å². The molecule has 0 aliphatic heterocycles. The highest BCUT2D eigenvalue weighted by atomic mass is 32.1. The van der Waals surface area contributed by atoms with Crippen molar-refractivity contribution in [3.05, 3.63) is 50.3 Å². The van der Waals surface area contributed by atoms with Crippen LogP contribution in [-0.2, 0) is 6.42 Å². The average Bonchev–Trinajstić information content (AvgIpc) is 2.62. The molecule has 0 unspecified atom stereocenters. The molecule has 1 N–H and O–H groups in total. The molecule has 0 saturated heterocycles. The van der Waals surface area contributed by atoms with Crippen molar-refractivity contribution in [2.75, 3.05) is 0 Å². The lowest BCUT2D eigenvalue weighted by molar-refractivity contribution is 0.971. The largest absolute Gasteiger partial charge is 0.311 e. The third kappa shape index (κ3) is 1.90. The van der Waals surface area contributed by atoms with Gasteiger partial charge in [-0.2, -0.15) is 0 Å². The summed E-state index contributed by atoms with van der Waals surface area (Å²) in [4.78, 5) is 19.4.